The van der Waals surface area contributed by atoms with E-state index in [0.29, 0.717) is 18.0 Å². The van der Waals surface area contributed by atoms with Crippen LogP contribution in [0.25, 0.3) is 0 Å². The van der Waals surface area contributed by atoms with Crippen LogP contribution in [0.1, 0.15) is 33.8 Å². The van der Waals surface area contributed by atoms with Gasteiger partial charge in [-0.2, -0.15) is 0 Å². The molecule has 0 aromatic heterocycles. The van der Waals surface area contributed by atoms with Gasteiger partial charge in [-0.3, -0.25) is 4.79 Å². The maximum Gasteiger partial charge on any atom is 0.253 e. The third-order valence-electron chi connectivity index (χ3n) is 4.63. The highest BCUT2D eigenvalue weighted by molar-refractivity contribution is 7.90. The van der Waals surface area contributed by atoms with E-state index in [1.165, 1.54) is 23.3 Å². The molecular formula is C19H21NO3S. The number of hydrogen-bond donors (Lipinski definition) is 0. The highest BCUT2D eigenvalue weighted by Gasteiger charge is 2.28. The molecule has 2 aromatic carbocycles. The van der Waals surface area contributed by atoms with Crippen LogP contribution in [0.4, 0.5) is 0 Å². The molecule has 0 N–H and O–H groups in total. The number of carbonyl (C=O) groups excluding carboxylic acids is 1. The van der Waals surface area contributed by atoms with Crippen LogP contribution in [-0.2, 0) is 9.84 Å². The Balaban J connectivity index is 1.74. The molecule has 24 heavy (non-hydrogen) atoms. The molecule has 3 rings (SSSR count). The van der Waals surface area contributed by atoms with Crippen LogP contribution in [-0.4, -0.2) is 38.6 Å². The average Bonchev–Trinajstić information content (AvgIpc) is 3.03. The predicted molar refractivity (Wildman–Crippen MR) is 94.0 cm³/mol. The first-order chi connectivity index (χ1) is 11.4. The summed E-state index contributed by atoms with van der Waals surface area (Å²) in [5.41, 5.74) is 3.10. The van der Waals surface area contributed by atoms with Crippen molar-refractivity contribution < 1.29 is 13.2 Å². The van der Waals surface area contributed by atoms with Gasteiger partial charge in [0, 0.05) is 30.8 Å². The minimum Gasteiger partial charge on any atom is -0.338 e. The van der Waals surface area contributed by atoms with E-state index in [-0.39, 0.29) is 10.8 Å². The fourth-order valence-electron chi connectivity index (χ4n) is 3.27. The number of rotatable bonds is 3. The highest BCUT2D eigenvalue weighted by atomic mass is 32.2. The Morgan fingerprint density at radius 3 is 2.38 bits per heavy atom. The van der Waals surface area contributed by atoms with Crippen molar-refractivity contribution in [2.45, 2.75) is 24.2 Å². The average molecular weight is 343 g/mol. The Bertz CT molecular complexity index is 856. The first-order valence-electron chi connectivity index (χ1n) is 8.01. The summed E-state index contributed by atoms with van der Waals surface area (Å²) >= 11 is 0. The van der Waals surface area contributed by atoms with E-state index in [1.54, 1.807) is 12.1 Å². The summed E-state index contributed by atoms with van der Waals surface area (Å²) in [6, 6.07) is 14.5. The summed E-state index contributed by atoms with van der Waals surface area (Å²) in [7, 11) is -3.24. The van der Waals surface area contributed by atoms with Gasteiger partial charge in [0.2, 0.25) is 0 Å². The largest absolute Gasteiger partial charge is 0.338 e. The van der Waals surface area contributed by atoms with Crippen molar-refractivity contribution in [3.63, 3.8) is 0 Å². The van der Waals surface area contributed by atoms with Crippen LogP contribution < -0.4 is 0 Å². The van der Waals surface area contributed by atoms with Crippen molar-refractivity contribution in [2.24, 2.45) is 0 Å². The number of sulfone groups is 1. The molecule has 2 aromatic rings. The van der Waals surface area contributed by atoms with Crippen LogP contribution >= 0.6 is 0 Å². The normalized spacial score (nSPS) is 17.9. The van der Waals surface area contributed by atoms with Gasteiger partial charge in [0.1, 0.15) is 0 Å². The minimum atomic E-state index is -3.24. The number of amides is 1. The lowest BCUT2D eigenvalue weighted by molar-refractivity contribution is 0.0790. The highest BCUT2D eigenvalue weighted by Crippen LogP contribution is 2.30. The molecule has 0 unspecified atom stereocenters. The molecule has 0 aliphatic carbocycles. The zero-order valence-electron chi connectivity index (χ0n) is 13.9. The molecule has 0 bridgehead atoms. The first-order valence-corrected chi connectivity index (χ1v) is 9.90. The fraction of sp³-hybridized carbons (Fsp3) is 0.316. The summed E-state index contributed by atoms with van der Waals surface area (Å²) in [6.45, 7) is 3.53. The Hall–Kier alpha value is -2.14. The van der Waals surface area contributed by atoms with Crippen molar-refractivity contribution in [3.05, 3.63) is 65.2 Å². The molecule has 1 heterocycles. The lowest BCUT2D eigenvalue weighted by Gasteiger charge is -2.18. The van der Waals surface area contributed by atoms with Gasteiger partial charge in [-0.05, 0) is 48.7 Å². The van der Waals surface area contributed by atoms with E-state index >= 15 is 0 Å². The number of hydrogen-bond acceptors (Lipinski definition) is 3. The van der Waals surface area contributed by atoms with Gasteiger partial charge >= 0.3 is 0 Å². The molecule has 126 valence electrons. The second-order valence-electron chi connectivity index (χ2n) is 6.39. The second kappa shape index (κ2) is 6.40. The Morgan fingerprint density at radius 2 is 1.75 bits per heavy atom. The smallest absolute Gasteiger partial charge is 0.253 e. The van der Waals surface area contributed by atoms with Gasteiger partial charge in [0.25, 0.3) is 5.91 Å². The molecule has 5 heteroatoms. The van der Waals surface area contributed by atoms with Crippen molar-refractivity contribution >= 4 is 15.7 Å². The lowest BCUT2D eigenvalue weighted by Crippen LogP contribution is -2.28. The van der Waals surface area contributed by atoms with Gasteiger partial charge in [-0.1, -0.05) is 24.3 Å². The maximum atomic E-state index is 12.6. The van der Waals surface area contributed by atoms with E-state index in [2.05, 4.69) is 19.1 Å². The zero-order chi connectivity index (χ0) is 17.3. The van der Waals surface area contributed by atoms with E-state index in [1.807, 2.05) is 17.0 Å². The molecule has 1 aliphatic rings. The fourth-order valence-corrected chi connectivity index (χ4v) is 3.90. The van der Waals surface area contributed by atoms with Crippen LogP contribution in [0.2, 0.25) is 0 Å². The van der Waals surface area contributed by atoms with Crippen molar-refractivity contribution in [3.8, 4) is 0 Å². The summed E-state index contributed by atoms with van der Waals surface area (Å²) in [6.07, 6.45) is 2.12. The predicted octanol–water partition coefficient (Wildman–Crippen LogP) is 3.03. The second-order valence-corrected chi connectivity index (χ2v) is 8.41. The molecule has 1 aliphatic heterocycles. The molecule has 4 nitrogen and oxygen atoms in total. The molecule has 1 atom stereocenters. The summed E-state index contributed by atoms with van der Waals surface area (Å²) in [5.74, 6) is 0.330. The number of aryl methyl sites for hydroxylation is 1. The Kier molecular flexibility index (Phi) is 4.45. The number of nitrogens with zero attached hydrogens (tertiary/aromatic N) is 1. The van der Waals surface area contributed by atoms with Gasteiger partial charge in [-0.15, -0.1) is 0 Å². The van der Waals surface area contributed by atoms with Crippen molar-refractivity contribution in [2.75, 3.05) is 19.3 Å². The molecule has 0 spiro atoms. The summed E-state index contributed by atoms with van der Waals surface area (Å²) in [5, 5.41) is 0. The number of benzene rings is 2. The topological polar surface area (TPSA) is 54.5 Å². The number of carbonyl (C=O) groups is 1. The standard InChI is InChI=1S/C19H21NO3S/c1-14-5-3-4-6-18(14)16-11-12-20(13-16)19(21)15-7-9-17(10-8-15)24(2,22)23/h3-10,16H,11-13H2,1-2H3/t16-/m1/s1. The van der Waals surface area contributed by atoms with Gasteiger partial charge in [0.15, 0.2) is 9.84 Å². The van der Waals surface area contributed by atoms with Crippen LogP contribution in [0, 0.1) is 6.92 Å². The van der Waals surface area contributed by atoms with Crippen LogP contribution in [0.5, 0.6) is 0 Å². The molecule has 1 saturated heterocycles. The van der Waals surface area contributed by atoms with E-state index in [4.69, 9.17) is 0 Å². The summed E-state index contributed by atoms with van der Waals surface area (Å²) < 4.78 is 23.0. The van der Waals surface area contributed by atoms with E-state index in [0.717, 1.165) is 19.2 Å². The third-order valence-corrected chi connectivity index (χ3v) is 5.76. The Labute approximate surface area is 143 Å². The van der Waals surface area contributed by atoms with Crippen LogP contribution in [0.3, 0.4) is 0 Å². The summed E-state index contributed by atoms with van der Waals surface area (Å²) in [4.78, 5) is 14.7. The molecule has 0 radical (unpaired) electrons. The zero-order valence-corrected chi connectivity index (χ0v) is 14.7. The van der Waals surface area contributed by atoms with Gasteiger partial charge in [0.05, 0.1) is 4.90 Å². The molecule has 1 amide bonds. The lowest BCUT2D eigenvalue weighted by atomic mass is 9.94. The third kappa shape index (κ3) is 3.36. The molecular weight excluding hydrogens is 322 g/mol. The van der Waals surface area contributed by atoms with Crippen LogP contribution in [0.15, 0.2) is 53.4 Å². The SMILES string of the molecule is Cc1ccccc1[C@@H]1CCN(C(=O)c2ccc(S(C)(=O)=O)cc2)C1. The molecule has 1 fully saturated rings. The quantitative estimate of drug-likeness (QED) is 0.861. The molecule has 0 saturated carbocycles. The monoisotopic (exact) mass is 343 g/mol. The number of likely N-dealkylation sites (tertiary alicyclic amines) is 1. The van der Waals surface area contributed by atoms with E-state index < -0.39 is 9.84 Å². The maximum absolute atomic E-state index is 12.6. The Morgan fingerprint density at radius 1 is 1.08 bits per heavy atom. The minimum absolute atomic E-state index is 0.0360. The van der Waals surface area contributed by atoms with Crippen molar-refractivity contribution in [1.82, 2.24) is 4.90 Å². The first kappa shape index (κ1) is 16.7. The van der Waals surface area contributed by atoms with Gasteiger partial charge in [-0.25, -0.2) is 8.42 Å². The van der Waals surface area contributed by atoms with Gasteiger partial charge < -0.3 is 4.90 Å². The van der Waals surface area contributed by atoms with E-state index in [9.17, 15) is 13.2 Å². The van der Waals surface area contributed by atoms with Crippen molar-refractivity contribution in [1.29, 1.82) is 0 Å².